The molecular weight excluding hydrogens is 164 g/mol. The number of hydrogen-bond donors (Lipinski definition) is 2. The smallest absolute Gasteiger partial charge is 0.237 e. The fraction of sp³-hybridized carbons (Fsp3) is 0.700. The van der Waals surface area contributed by atoms with E-state index < -0.39 is 0 Å². The highest BCUT2D eigenvalue weighted by Gasteiger charge is 2.23. The molecule has 0 bridgehead atoms. The Kier molecular flexibility index (Phi) is 3.96. The van der Waals surface area contributed by atoms with E-state index in [0.29, 0.717) is 12.6 Å². The highest BCUT2D eigenvalue weighted by molar-refractivity contribution is 5.81. The molecule has 3 heteroatoms. The van der Waals surface area contributed by atoms with Crippen molar-refractivity contribution in [2.75, 3.05) is 6.54 Å². The van der Waals surface area contributed by atoms with Gasteiger partial charge in [0.05, 0.1) is 6.04 Å². The van der Waals surface area contributed by atoms with Gasteiger partial charge in [0.25, 0.3) is 0 Å². The van der Waals surface area contributed by atoms with Crippen molar-refractivity contribution in [2.45, 2.75) is 38.3 Å². The lowest BCUT2D eigenvalue weighted by atomic mass is 9.99. The van der Waals surface area contributed by atoms with Crippen LogP contribution in [0.1, 0.15) is 26.2 Å². The van der Waals surface area contributed by atoms with Crippen LogP contribution in [0.25, 0.3) is 0 Å². The van der Waals surface area contributed by atoms with Crippen molar-refractivity contribution in [2.24, 2.45) is 0 Å². The fourth-order valence-electron chi connectivity index (χ4n) is 1.64. The van der Waals surface area contributed by atoms with Gasteiger partial charge >= 0.3 is 0 Å². The van der Waals surface area contributed by atoms with Crippen LogP contribution in [0.15, 0.2) is 12.7 Å². The Labute approximate surface area is 79.6 Å². The summed E-state index contributed by atoms with van der Waals surface area (Å²) < 4.78 is 0. The molecule has 13 heavy (non-hydrogen) atoms. The molecule has 1 saturated heterocycles. The van der Waals surface area contributed by atoms with Gasteiger partial charge in [0.15, 0.2) is 0 Å². The quantitative estimate of drug-likeness (QED) is 0.634. The van der Waals surface area contributed by atoms with Gasteiger partial charge in [-0.2, -0.15) is 0 Å². The second-order valence-electron chi connectivity index (χ2n) is 3.59. The molecule has 1 aliphatic rings. The van der Waals surface area contributed by atoms with Crippen LogP contribution in [0.5, 0.6) is 0 Å². The molecule has 0 aliphatic carbocycles. The fourth-order valence-corrected chi connectivity index (χ4v) is 1.64. The predicted octanol–water partition coefficient (Wildman–Crippen LogP) is 0.819. The Bertz CT molecular complexity index is 191. The predicted molar refractivity (Wildman–Crippen MR) is 53.4 cm³/mol. The van der Waals surface area contributed by atoms with E-state index in [9.17, 15) is 4.79 Å². The summed E-state index contributed by atoms with van der Waals surface area (Å²) in [5.74, 6) is 0.103. The minimum atomic E-state index is 0.00343. The third kappa shape index (κ3) is 3.19. The second kappa shape index (κ2) is 5.02. The Hall–Kier alpha value is -0.830. The normalized spacial score (nSPS) is 28.1. The number of carbonyl (C=O) groups excluding carboxylic acids is 1. The first kappa shape index (κ1) is 10.3. The molecule has 0 aromatic rings. The lowest BCUT2D eigenvalue weighted by Crippen LogP contribution is -2.50. The Morgan fingerprint density at radius 3 is 3.08 bits per heavy atom. The van der Waals surface area contributed by atoms with Gasteiger partial charge < -0.3 is 10.6 Å². The van der Waals surface area contributed by atoms with E-state index in [1.54, 1.807) is 6.08 Å². The molecule has 1 fully saturated rings. The molecule has 2 N–H and O–H groups in total. The highest BCUT2D eigenvalue weighted by Crippen LogP contribution is 2.11. The van der Waals surface area contributed by atoms with Crippen molar-refractivity contribution in [3.8, 4) is 0 Å². The van der Waals surface area contributed by atoms with Crippen molar-refractivity contribution in [1.29, 1.82) is 0 Å². The molecule has 1 rings (SSSR count). The van der Waals surface area contributed by atoms with Gasteiger partial charge in [-0.1, -0.05) is 6.08 Å². The lowest BCUT2D eigenvalue weighted by molar-refractivity contribution is -0.123. The molecule has 0 aromatic carbocycles. The van der Waals surface area contributed by atoms with Crippen LogP contribution in [-0.4, -0.2) is 24.5 Å². The number of amides is 1. The largest absolute Gasteiger partial charge is 0.351 e. The highest BCUT2D eigenvalue weighted by atomic mass is 16.2. The molecule has 1 aliphatic heterocycles. The summed E-state index contributed by atoms with van der Waals surface area (Å²) in [5.41, 5.74) is 0. The first-order valence-corrected chi connectivity index (χ1v) is 4.88. The Morgan fingerprint density at radius 2 is 2.46 bits per heavy atom. The topological polar surface area (TPSA) is 41.1 Å². The lowest BCUT2D eigenvalue weighted by Gasteiger charge is -2.27. The maximum absolute atomic E-state index is 11.5. The average molecular weight is 182 g/mol. The average Bonchev–Trinajstić information content (AvgIpc) is 2.14. The molecular formula is C10H18N2O. The van der Waals surface area contributed by atoms with Crippen LogP contribution in [0.3, 0.4) is 0 Å². The van der Waals surface area contributed by atoms with E-state index in [1.807, 2.05) is 0 Å². The molecule has 74 valence electrons. The molecule has 1 heterocycles. The maximum Gasteiger partial charge on any atom is 0.237 e. The molecule has 2 atom stereocenters. The molecule has 2 unspecified atom stereocenters. The van der Waals surface area contributed by atoms with E-state index in [0.717, 1.165) is 12.8 Å². The number of hydrogen-bond acceptors (Lipinski definition) is 2. The van der Waals surface area contributed by atoms with E-state index in [-0.39, 0.29) is 11.9 Å². The van der Waals surface area contributed by atoms with Gasteiger partial charge in [-0.15, -0.1) is 6.58 Å². The number of nitrogens with one attached hydrogen (secondary N) is 2. The van der Waals surface area contributed by atoms with E-state index in [1.165, 1.54) is 6.42 Å². The van der Waals surface area contributed by atoms with Crippen molar-refractivity contribution >= 4 is 5.91 Å². The first-order valence-electron chi connectivity index (χ1n) is 4.88. The summed E-state index contributed by atoms with van der Waals surface area (Å²) in [4.78, 5) is 11.5. The van der Waals surface area contributed by atoms with Gasteiger partial charge in [-0.25, -0.2) is 0 Å². The molecule has 1 amide bonds. The summed E-state index contributed by atoms with van der Waals surface area (Å²) in [6, 6.07) is 0.469. The molecule has 0 aromatic heterocycles. The number of piperidine rings is 1. The SMILES string of the molecule is C=CCNC(=O)C1CCCC(C)N1. The molecule has 0 spiro atoms. The monoisotopic (exact) mass is 182 g/mol. The Morgan fingerprint density at radius 1 is 1.69 bits per heavy atom. The number of rotatable bonds is 3. The minimum absolute atomic E-state index is 0.00343. The zero-order valence-electron chi connectivity index (χ0n) is 8.18. The summed E-state index contributed by atoms with van der Waals surface area (Å²) in [5, 5.41) is 6.08. The van der Waals surface area contributed by atoms with Crippen LogP contribution in [0.4, 0.5) is 0 Å². The summed E-state index contributed by atoms with van der Waals surface area (Å²) in [6.07, 6.45) is 4.96. The zero-order valence-corrected chi connectivity index (χ0v) is 8.18. The van der Waals surface area contributed by atoms with Crippen LogP contribution >= 0.6 is 0 Å². The minimum Gasteiger partial charge on any atom is -0.351 e. The van der Waals surface area contributed by atoms with Crippen molar-refractivity contribution < 1.29 is 4.79 Å². The summed E-state index contributed by atoms with van der Waals surface area (Å²) >= 11 is 0. The van der Waals surface area contributed by atoms with Gasteiger partial charge in [-0.3, -0.25) is 4.79 Å². The summed E-state index contributed by atoms with van der Waals surface area (Å²) in [6.45, 7) is 6.24. The van der Waals surface area contributed by atoms with Gasteiger partial charge in [-0.05, 0) is 26.2 Å². The van der Waals surface area contributed by atoms with Gasteiger partial charge in [0.1, 0.15) is 0 Å². The van der Waals surface area contributed by atoms with Gasteiger partial charge in [0, 0.05) is 12.6 Å². The van der Waals surface area contributed by atoms with Crippen molar-refractivity contribution in [3.05, 3.63) is 12.7 Å². The standard InChI is InChI=1S/C10H18N2O/c1-3-7-11-10(13)9-6-4-5-8(2)12-9/h3,8-9,12H,1,4-7H2,2H3,(H,11,13). The van der Waals surface area contributed by atoms with Crippen LogP contribution in [-0.2, 0) is 4.79 Å². The molecule has 0 saturated carbocycles. The van der Waals surface area contributed by atoms with Crippen LogP contribution in [0, 0.1) is 0 Å². The molecule has 0 radical (unpaired) electrons. The second-order valence-corrected chi connectivity index (χ2v) is 3.59. The molecule has 3 nitrogen and oxygen atoms in total. The van der Waals surface area contributed by atoms with Gasteiger partial charge in [0.2, 0.25) is 5.91 Å². The van der Waals surface area contributed by atoms with Crippen molar-refractivity contribution in [3.63, 3.8) is 0 Å². The van der Waals surface area contributed by atoms with Crippen LogP contribution < -0.4 is 10.6 Å². The third-order valence-corrected chi connectivity index (χ3v) is 2.35. The van der Waals surface area contributed by atoms with E-state index >= 15 is 0 Å². The summed E-state index contributed by atoms with van der Waals surface area (Å²) in [7, 11) is 0. The third-order valence-electron chi connectivity index (χ3n) is 2.35. The van der Waals surface area contributed by atoms with Crippen molar-refractivity contribution in [1.82, 2.24) is 10.6 Å². The first-order chi connectivity index (χ1) is 6.24. The van der Waals surface area contributed by atoms with Crippen LogP contribution in [0.2, 0.25) is 0 Å². The Balaban J connectivity index is 2.32. The zero-order chi connectivity index (χ0) is 9.68. The van der Waals surface area contributed by atoms with E-state index in [2.05, 4.69) is 24.1 Å². The maximum atomic E-state index is 11.5. The number of carbonyl (C=O) groups is 1. The van der Waals surface area contributed by atoms with E-state index in [4.69, 9.17) is 0 Å².